The van der Waals surface area contributed by atoms with Crippen molar-refractivity contribution in [2.75, 3.05) is 20.8 Å². The molecule has 0 aliphatic rings. The molecule has 2 atom stereocenters. The number of rotatable bonds is 7. The molecule has 2 unspecified atom stereocenters. The summed E-state index contributed by atoms with van der Waals surface area (Å²) in [5, 5.41) is 13.3. The molecule has 0 saturated carbocycles. The van der Waals surface area contributed by atoms with Gasteiger partial charge in [-0.15, -0.1) is 0 Å². The maximum Gasteiger partial charge on any atom is 0.131 e. The summed E-state index contributed by atoms with van der Waals surface area (Å²) in [5.74, 6) is -0.0790. The van der Waals surface area contributed by atoms with E-state index in [1.165, 1.54) is 6.07 Å². The molecule has 0 aromatic heterocycles. The maximum atomic E-state index is 13.7. The van der Waals surface area contributed by atoms with Gasteiger partial charge >= 0.3 is 0 Å². The average Bonchev–Trinajstić information content (AvgIpc) is 2.58. The highest BCUT2D eigenvalue weighted by molar-refractivity contribution is 5.42. The van der Waals surface area contributed by atoms with Gasteiger partial charge in [-0.2, -0.15) is 0 Å². The van der Waals surface area contributed by atoms with E-state index in [0.29, 0.717) is 11.5 Å². The third-order valence-corrected chi connectivity index (χ3v) is 3.84. The van der Waals surface area contributed by atoms with Crippen LogP contribution in [0.15, 0.2) is 36.4 Å². The van der Waals surface area contributed by atoms with E-state index >= 15 is 0 Å². The number of aliphatic hydroxyl groups excluding tert-OH is 1. The van der Waals surface area contributed by atoms with Crippen LogP contribution < -0.4 is 14.8 Å². The van der Waals surface area contributed by atoms with Crippen molar-refractivity contribution >= 4 is 0 Å². The summed E-state index contributed by atoms with van der Waals surface area (Å²) in [4.78, 5) is 0. The van der Waals surface area contributed by atoms with Crippen LogP contribution in [0.25, 0.3) is 0 Å². The molecule has 0 aliphatic heterocycles. The normalized spacial score (nSPS) is 13.4. The lowest BCUT2D eigenvalue weighted by atomic mass is 10.0. The Balaban J connectivity index is 2.08. The molecule has 130 valence electrons. The van der Waals surface area contributed by atoms with Crippen molar-refractivity contribution in [2.24, 2.45) is 0 Å². The van der Waals surface area contributed by atoms with E-state index in [2.05, 4.69) is 5.32 Å². The van der Waals surface area contributed by atoms with Crippen LogP contribution in [0.5, 0.6) is 11.5 Å². The maximum absolute atomic E-state index is 13.7. The van der Waals surface area contributed by atoms with Crippen LogP contribution in [0.4, 0.5) is 8.78 Å². The Kier molecular flexibility index (Phi) is 6.11. The van der Waals surface area contributed by atoms with Crippen LogP contribution in [-0.4, -0.2) is 25.9 Å². The van der Waals surface area contributed by atoms with E-state index in [9.17, 15) is 13.9 Å². The van der Waals surface area contributed by atoms with Gasteiger partial charge in [0.25, 0.3) is 0 Å². The van der Waals surface area contributed by atoms with Gasteiger partial charge in [-0.1, -0.05) is 6.07 Å². The summed E-state index contributed by atoms with van der Waals surface area (Å²) in [7, 11) is 3.14. The van der Waals surface area contributed by atoms with Crippen molar-refractivity contribution in [3.8, 4) is 11.5 Å². The smallest absolute Gasteiger partial charge is 0.131 e. The quantitative estimate of drug-likeness (QED) is 0.813. The number of nitrogens with one attached hydrogen (secondary N) is 1. The van der Waals surface area contributed by atoms with E-state index in [0.717, 1.165) is 17.7 Å². The Morgan fingerprint density at radius 2 is 1.79 bits per heavy atom. The minimum atomic E-state index is -1.09. The van der Waals surface area contributed by atoms with E-state index in [1.54, 1.807) is 26.4 Å². The fraction of sp³-hybridized carbons (Fsp3) is 0.333. The van der Waals surface area contributed by atoms with Crippen LogP contribution in [-0.2, 0) is 0 Å². The van der Waals surface area contributed by atoms with Gasteiger partial charge in [-0.3, -0.25) is 0 Å². The molecule has 0 radical (unpaired) electrons. The number of ether oxygens (including phenoxy) is 2. The highest BCUT2D eigenvalue weighted by Gasteiger charge is 2.17. The fourth-order valence-electron chi connectivity index (χ4n) is 2.46. The first-order chi connectivity index (χ1) is 11.5. The highest BCUT2D eigenvalue weighted by atomic mass is 19.1. The van der Waals surface area contributed by atoms with Crippen molar-refractivity contribution in [2.45, 2.75) is 19.1 Å². The first-order valence-corrected chi connectivity index (χ1v) is 7.54. The largest absolute Gasteiger partial charge is 0.497 e. The molecule has 2 rings (SSSR count). The third kappa shape index (κ3) is 4.21. The van der Waals surface area contributed by atoms with Gasteiger partial charge in [0, 0.05) is 29.8 Å². The Morgan fingerprint density at radius 1 is 1.04 bits per heavy atom. The zero-order valence-corrected chi connectivity index (χ0v) is 13.8. The van der Waals surface area contributed by atoms with Crippen molar-refractivity contribution in [3.63, 3.8) is 0 Å². The zero-order chi connectivity index (χ0) is 17.7. The molecular formula is C18H21F2NO3. The van der Waals surface area contributed by atoms with Gasteiger partial charge in [-0.25, -0.2) is 8.78 Å². The van der Waals surface area contributed by atoms with E-state index < -0.39 is 17.7 Å². The van der Waals surface area contributed by atoms with Crippen molar-refractivity contribution in [3.05, 3.63) is 59.2 Å². The minimum Gasteiger partial charge on any atom is -0.497 e. The standard InChI is InChI=1S/C18H21F2NO3/c1-11(15-9-13(23-2)5-7-18(15)24-3)21-10-17(22)14-6-4-12(19)8-16(14)20/h4-9,11,17,21-22H,10H2,1-3H3. The summed E-state index contributed by atoms with van der Waals surface area (Å²) < 4.78 is 37.2. The lowest BCUT2D eigenvalue weighted by Gasteiger charge is -2.20. The molecule has 2 N–H and O–H groups in total. The molecule has 0 aliphatic carbocycles. The van der Waals surface area contributed by atoms with Crippen LogP contribution in [0.2, 0.25) is 0 Å². The van der Waals surface area contributed by atoms with Gasteiger partial charge < -0.3 is 19.9 Å². The summed E-state index contributed by atoms with van der Waals surface area (Å²) >= 11 is 0. The lowest BCUT2D eigenvalue weighted by molar-refractivity contribution is 0.166. The molecule has 0 spiro atoms. The van der Waals surface area contributed by atoms with Crippen LogP contribution in [0.1, 0.15) is 30.2 Å². The molecule has 0 saturated heterocycles. The molecular weight excluding hydrogens is 316 g/mol. The Morgan fingerprint density at radius 3 is 2.42 bits per heavy atom. The van der Waals surface area contributed by atoms with E-state index in [4.69, 9.17) is 9.47 Å². The number of methoxy groups -OCH3 is 2. The molecule has 0 fully saturated rings. The van der Waals surface area contributed by atoms with Crippen molar-refractivity contribution in [1.29, 1.82) is 0 Å². The van der Waals surface area contributed by atoms with Crippen LogP contribution >= 0.6 is 0 Å². The minimum absolute atomic E-state index is 0.0497. The average molecular weight is 337 g/mol. The topological polar surface area (TPSA) is 50.7 Å². The fourth-order valence-corrected chi connectivity index (χ4v) is 2.46. The second-order valence-electron chi connectivity index (χ2n) is 5.42. The number of halogens is 2. The van der Waals surface area contributed by atoms with Crippen molar-refractivity contribution in [1.82, 2.24) is 5.32 Å². The highest BCUT2D eigenvalue weighted by Crippen LogP contribution is 2.29. The first-order valence-electron chi connectivity index (χ1n) is 7.54. The molecule has 0 heterocycles. The molecule has 4 nitrogen and oxygen atoms in total. The van der Waals surface area contributed by atoms with Gasteiger partial charge in [0.15, 0.2) is 0 Å². The van der Waals surface area contributed by atoms with Gasteiger partial charge in [0.05, 0.1) is 20.3 Å². The van der Waals surface area contributed by atoms with Gasteiger partial charge in [0.2, 0.25) is 0 Å². The number of hydrogen-bond acceptors (Lipinski definition) is 4. The predicted molar refractivity (Wildman–Crippen MR) is 87.3 cm³/mol. The van der Waals surface area contributed by atoms with E-state index in [-0.39, 0.29) is 18.2 Å². The van der Waals surface area contributed by atoms with Crippen molar-refractivity contribution < 1.29 is 23.4 Å². The molecule has 6 heteroatoms. The second-order valence-corrected chi connectivity index (χ2v) is 5.42. The third-order valence-electron chi connectivity index (χ3n) is 3.84. The van der Waals surface area contributed by atoms with Gasteiger partial charge in [-0.05, 0) is 31.2 Å². The first kappa shape index (κ1) is 18.2. The Labute approximate surface area is 140 Å². The zero-order valence-electron chi connectivity index (χ0n) is 13.8. The molecule has 2 aromatic rings. The van der Waals surface area contributed by atoms with Gasteiger partial charge in [0.1, 0.15) is 23.1 Å². The monoisotopic (exact) mass is 337 g/mol. The van der Waals surface area contributed by atoms with Crippen LogP contribution in [0.3, 0.4) is 0 Å². The number of benzene rings is 2. The Bertz CT molecular complexity index is 694. The lowest BCUT2D eigenvalue weighted by Crippen LogP contribution is -2.25. The SMILES string of the molecule is COc1ccc(OC)c(C(C)NCC(O)c2ccc(F)cc2F)c1. The summed E-state index contributed by atoms with van der Waals surface area (Å²) in [6.07, 6.45) is -1.09. The molecule has 2 aromatic carbocycles. The second kappa shape index (κ2) is 8.08. The van der Waals surface area contributed by atoms with Crippen LogP contribution in [0, 0.1) is 11.6 Å². The summed E-state index contributed by atoms with van der Waals surface area (Å²) in [6.45, 7) is 2.00. The summed E-state index contributed by atoms with van der Waals surface area (Å²) in [6, 6.07) is 8.37. The summed E-state index contributed by atoms with van der Waals surface area (Å²) in [5.41, 5.74) is 0.900. The number of hydrogen-bond donors (Lipinski definition) is 2. The predicted octanol–water partition coefficient (Wildman–Crippen LogP) is 3.37. The molecule has 24 heavy (non-hydrogen) atoms. The Hall–Kier alpha value is -2.18. The molecule has 0 bridgehead atoms. The van der Waals surface area contributed by atoms with E-state index in [1.807, 2.05) is 13.0 Å². The molecule has 0 amide bonds. The number of aliphatic hydroxyl groups is 1.